The van der Waals surface area contributed by atoms with Gasteiger partial charge in [-0.3, -0.25) is 0 Å². The van der Waals surface area contributed by atoms with E-state index in [0.29, 0.717) is 0 Å². The highest BCUT2D eigenvalue weighted by molar-refractivity contribution is 6.16. The van der Waals surface area contributed by atoms with Gasteiger partial charge in [0.1, 0.15) is 0 Å². The highest BCUT2D eigenvalue weighted by atomic mass is 15.1. The largest absolute Gasteiger partial charge is 0.309 e. The summed E-state index contributed by atoms with van der Waals surface area (Å²) in [7, 11) is 0. The summed E-state index contributed by atoms with van der Waals surface area (Å²) in [6.45, 7) is 0. The van der Waals surface area contributed by atoms with Crippen molar-refractivity contribution >= 4 is 60.2 Å². The van der Waals surface area contributed by atoms with Gasteiger partial charge in [-0.2, -0.15) is 0 Å². The van der Waals surface area contributed by atoms with Crippen molar-refractivity contribution in [1.29, 1.82) is 0 Å². The number of hydrogen-bond donors (Lipinski definition) is 0. The van der Waals surface area contributed by atoms with Crippen LogP contribution in [-0.2, 0) is 0 Å². The standard InChI is InChI=1S/C46H31N/c1-2-13-32(14-3-1)36-20-12-21-40(31-36)47(46-42-23-10-7-18-37(42)30-38-19-8-11-24-43(38)46)44-28-27-34-16-6-9-22-41(34)45(44)39-26-25-33-15-4-5-17-35(33)29-39/h1-31H. The molecule has 9 aromatic rings. The second-order valence-electron chi connectivity index (χ2n) is 12.2. The van der Waals surface area contributed by atoms with Crippen LogP contribution in [0, 0.1) is 0 Å². The van der Waals surface area contributed by atoms with Crippen molar-refractivity contribution in [2.24, 2.45) is 0 Å². The molecule has 0 radical (unpaired) electrons. The van der Waals surface area contributed by atoms with Gasteiger partial charge in [0.15, 0.2) is 0 Å². The monoisotopic (exact) mass is 597 g/mol. The molecule has 0 atom stereocenters. The summed E-state index contributed by atoms with van der Waals surface area (Å²) in [5.74, 6) is 0. The number of hydrogen-bond acceptors (Lipinski definition) is 1. The first-order valence-electron chi connectivity index (χ1n) is 16.2. The van der Waals surface area contributed by atoms with E-state index in [4.69, 9.17) is 0 Å². The van der Waals surface area contributed by atoms with E-state index >= 15 is 0 Å². The molecule has 1 heteroatoms. The van der Waals surface area contributed by atoms with Gasteiger partial charge in [0.05, 0.1) is 11.4 Å². The summed E-state index contributed by atoms with van der Waals surface area (Å²) in [4.78, 5) is 2.51. The molecule has 0 spiro atoms. The maximum Gasteiger partial charge on any atom is 0.0618 e. The predicted octanol–water partition coefficient (Wildman–Crippen LogP) is 13.1. The predicted molar refractivity (Wildman–Crippen MR) is 202 cm³/mol. The minimum Gasteiger partial charge on any atom is -0.309 e. The van der Waals surface area contributed by atoms with Crippen LogP contribution in [0.25, 0.3) is 65.3 Å². The van der Waals surface area contributed by atoms with Gasteiger partial charge in [-0.05, 0) is 79.3 Å². The fraction of sp³-hybridized carbons (Fsp3) is 0. The Hall–Kier alpha value is -6.18. The number of nitrogens with zero attached hydrogens (tertiary/aromatic N) is 1. The van der Waals surface area contributed by atoms with Crippen molar-refractivity contribution in [3.63, 3.8) is 0 Å². The lowest BCUT2D eigenvalue weighted by Gasteiger charge is -2.31. The Balaban J connectivity index is 1.42. The van der Waals surface area contributed by atoms with E-state index in [1.54, 1.807) is 0 Å². The number of benzene rings is 9. The van der Waals surface area contributed by atoms with Gasteiger partial charge in [0, 0.05) is 22.0 Å². The van der Waals surface area contributed by atoms with Crippen molar-refractivity contribution in [1.82, 2.24) is 0 Å². The molecule has 0 bridgehead atoms. The minimum atomic E-state index is 1.12. The van der Waals surface area contributed by atoms with Crippen LogP contribution in [0.5, 0.6) is 0 Å². The van der Waals surface area contributed by atoms with Gasteiger partial charge < -0.3 is 4.90 Å². The van der Waals surface area contributed by atoms with E-state index in [0.717, 1.165) is 11.4 Å². The van der Waals surface area contributed by atoms with Crippen LogP contribution in [0.3, 0.4) is 0 Å². The van der Waals surface area contributed by atoms with Gasteiger partial charge >= 0.3 is 0 Å². The summed E-state index contributed by atoms with van der Waals surface area (Å²) in [5.41, 5.74) is 8.24. The Morgan fingerprint density at radius 2 is 0.872 bits per heavy atom. The second kappa shape index (κ2) is 11.3. The number of fused-ring (bicyclic) bond motifs is 4. The van der Waals surface area contributed by atoms with E-state index < -0.39 is 0 Å². The van der Waals surface area contributed by atoms with Crippen LogP contribution in [0.2, 0.25) is 0 Å². The van der Waals surface area contributed by atoms with Crippen molar-refractivity contribution < 1.29 is 0 Å². The smallest absolute Gasteiger partial charge is 0.0618 e. The highest BCUT2D eigenvalue weighted by Crippen LogP contribution is 2.49. The molecule has 0 amide bonds. The van der Waals surface area contributed by atoms with Gasteiger partial charge in [0.2, 0.25) is 0 Å². The summed E-state index contributed by atoms with van der Waals surface area (Å²) >= 11 is 0. The zero-order valence-corrected chi connectivity index (χ0v) is 25.8. The summed E-state index contributed by atoms with van der Waals surface area (Å²) in [5, 5.41) is 9.80. The minimum absolute atomic E-state index is 1.12. The zero-order chi connectivity index (χ0) is 31.2. The highest BCUT2D eigenvalue weighted by Gasteiger charge is 2.23. The maximum absolute atomic E-state index is 2.51. The molecule has 47 heavy (non-hydrogen) atoms. The molecule has 0 N–H and O–H groups in total. The van der Waals surface area contributed by atoms with Crippen LogP contribution in [0.4, 0.5) is 17.1 Å². The Morgan fingerprint density at radius 1 is 0.298 bits per heavy atom. The Labute approximate surface area is 274 Å². The topological polar surface area (TPSA) is 3.24 Å². The van der Waals surface area contributed by atoms with Crippen LogP contribution < -0.4 is 4.90 Å². The lowest BCUT2D eigenvalue weighted by atomic mass is 9.92. The number of rotatable bonds is 5. The molecule has 9 rings (SSSR count). The summed E-state index contributed by atoms with van der Waals surface area (Å²) < 4.78 is 0. The van der Waals surface area contributed by atoms with E-state index in [1.165, 1.54) is 71.0 Å². The molecule has 0 aliphatic rings. The molecule has 0 saturated carbocycles. The first-order chi connectivity index (χ1) is 23.3. The summed E-state index contributed by atoms with van der Waals surface area (Å²) in [6, 6.07) is 68.4. The van der Waals surface area contributed by atoms with Crippen molar-refractivity contribution in [3.8, 4) is 22.3 Å². The van der Waals surface area contributed by atoms with Crippen molar-refractivity contribution in [2.45, 2.75) is 0 Å². The van der Waals surface area contributed by atoms with Crippen LogP contribution >= 0.6 is 0 Å². The molecule has 0 aliphatic heterocycles. The van der Waals surface area contributed by atoms with Gasteiger partial charge in [-0.15, -0.1) is 0 Å². The van der Waals surface area contributed by atoms with Crippen LogP contribution in [0.15, 0.2) is 188 Å². The quantitative estimate of drug-likeness (QED) is 0.178. The van der Waals surface area contributed by atoms with Gasteiger partial charge in [-0.25, -0.2) is 0 Å². The third-order valence-electron chi connectivity index (χ3n) is 9.36. The van der Waals surface area contributed by atoms with Gasteiger partial charge in [-0.1, -0.05) is 158 Å². The van der Waals surface area contributed by atoms with Gasteiger partial charge in [0.25, 0.3) is 0 Å². The summed E-state index contributed by atoms with van der Waals surface area (Å²) in [6.07, 6.45) is 0. The SMILES string of the molecule is c1ccc(-c2cccc(N(c3ccc4ccccc4c3-c3ccc4ccccc4c3)c3c4ccccc4cc4ccccc34)c2)cc1. The molecule has 0 fully saturated rings. The Bertz CT molecular complexity index is 2530. The zero-order valence-electron chi connectivity index (χ0n) is 25.8. The molecular weight excluding hydrogens is 567 g/mol. The molecule has 220 valence electrons. The molecule has 9 aromatic carbocycles. The molecule has 0 aliphatic carbocycles. The lowest BCUT2D eigenvalue weighted by molar-refractivity contribution is 1.32. The molecular formula is C46H31N. The third-order valence-corrected chi connectivity index (χ3v) is 9.36. The van der Waals surface area contributed by atoms with Crippen LogP contribution in [0.1, 0.15) is 0 Å². The average molecular weight is 598 g/mol. The Morgan fingerprint density at radius 3 is 1.62 bits per heavy atom. The molecule has 1 nitrogen and oxygen atoms in total. The molecule has 0 saturated heterocycles. The fourth-order valence-corrected chi connectivity index (χ4v) is 7.17. The average Bonchev–Trinajstić information content (AvgIpc) is 3.15. The lowest BCUT2D eigenvalue weighted by Crippen LogP contribution is -2.13. The van der Waals surface area contributed by atoms with Crippen LogP contribution in [-0.4, -0.2) is 0 Å². The fourth-order valence-electron chi connectivity index (χ4n) is 7.17. The second-order valence-corrected chi connectivity index (χ2v) is 12.2. The van der Waals surface area contributed by atoms with E-state index in [1.807, 2.05) is 0 Å². The normalized spacial score (nSPS) is 11.4. The third kappa shape index (κ3) is 4.72. The number of anilines is 3. The maximum atomic E-state index is 2.51. The first-order valence-corrected chi connectivity index (χ1v) is 16.2. The van der Waals surface area contributed by atoms with E-state index in [2.05, 4.69) is 193 Å². The Kier molecular flexibility index (Phi) is 6.54. The first kappa shape index (κ1) is 27.2. The van der Waals surface area contributed by atoms with Crippen molar-refractivity contribution in [3.05, 3.63) is 188 Å². The molecule has 0 aromatic heterocycles. The van der Waals surface area contributed by atoms with E-state index in [9.17, 15) is 0 Å². The van der Waals surface area contributed by atoms with Crippen molar-refractivity contribution in [2.75, 3.05) is 4.90 Å². The molecule has 0 unspecified atom stereocenters. The molecule has 0 heterocycles. The van der Waals surface area contributed by atoms with E-state index in [-0.39, 0.29) is 0 Å².